The van der Waals surface area contributed by atoms with E-state index in [1.807, 2.05) is 37.3 Å². The highest BCUT2D eigenvalue weighted by atomic mass is 32.2. The number of sulfonamides is 1. The van der Waals surface area contributed by atoms with Crippen molar-refractivity contribution < 1.29 is 12.8 Å². The fourth-order valence-corrected chi connectivity index (χ4v) is 4.43. The normalized spacial score (nSPS) is 12.2. The third kappa shape index (κ3) is 6.20. The summed E-state index contributed by atoms with van der Waals surface area (Å²) >= 11 is 0. The van der Waals surface area contributed by atoms with Crippen LogP contribution in [0.5, 0.6) is 0 Å². The van der Waals surface area contributed by atoms with Gasteiger partial charge in [-0.3, -0.25) is 0 Å². The molecule has 0 atom stereocenters. The second-order valence-electron chi connectivity index (χ2n) is 8.65. The van der Waals surface area contributed by atoms with Crippen LogP contribution in [0.3, 0.4) is 0 Å². The summed E-state index contributed by atoms with van der Waals surface area (Å²) in [6.07, 6.45) is 0. The molecule has 0 N–H and O–H groups in total. The van der Waals surface area contributed by atoms with E-state index < -0.39 is 18.3 Å². The number of nitrogens with zero attached hydrogens (tertiary/aromatic N) is 1. The van der Waals surface area contributed by atoms with Crippen molar-refractivity contribution in [2.75, 3.05) is 6.61 Å². The highest BCUT2D eigenvalue weighted by molar-refractivity contribution is 7.89. The van der Waals surface area contributed by atoms with Crippen molar-refractivity contribution >= 4 is 18.3 Å². The molecule has 0 bridgehead atoms. The van der Waals surface area contributed by atoms with Crippen molar-refractivity contribution in [3.8, 4) is 12.0 Å². The van der Waals surface area contributed by atoms with Gasteiger partial charge >= 0.3 is 0 Å². The molecule has 29 heavy (non-hydrogen) atoms. The van der Waals surface area contributed by atoms with E-state index in [9.17, 15) is 8.42 Å². The Morgan fingerprint density at radius 2 is 1.59 bits per heavy atom. The smallest absolute Gasteiger partial charge is 0.271 e. The third-order valence-electron chi connectivity index (χ3n) is 5.29. The Kier molecular flexibility index (Phi) is 7.33. The molecule has 0 fully saturated rings. The molecule has 156 valence electrons. The first-order chi connectivity index (χ1) is 13.4. The molecule has 0 saturated carbocycles. The Balaban J connectivity index is 2.28. The van der Waals surface area contributed by atoms with Crippen LogP contribution in [0.2, 0.25) is 18.1 Å². The number of hydrogen-bond acceptors (Lipinski definition) is 3. The zero-order valence-electron chi connectivity index (χ0n) is 18.2. The third-order valence-corrected chi connectivity index (χ3v) is 11.4. The van der Waals surface area contributed by atoms with Gasteiger partial charge in [0, 0.05) is 6.04 Å². The maximum atomic E-state index is 13.2. The average molecular weight is 430 g/mol. The molecule has 0 aliphatic heterocycles. The van der Waals surface area contributed by atoms with Crippen molar-refractivity contribution in [2.24, 2.45) is 0 Å². The highest BCUT2D eigenvalue weighted by Crippen LogP contribution is 2.36. The van der Waals surface area contributed by atoms with Crippen LogP contribution in [-0.2, 0) is 21.0 Å². The predicted molar refractivity (Wildman–Crippen MR) is 121 cm³/mol. The van der Waals surface area contributed by atoms with Gasteiger partial charge in [-0.05, 0) is 42.8 Å². The van der Waals surface area contributed by atoms with Crippen LogP contribution in [0, 0.1) is 18.9 Å². The summed E-state index contributed by atoms with van der Waals surface area (Å²) in [5.41, 5.74) is 1.88. The summed E-state index contributed by atoms with van der Waals surface area (Å²) < 4.78 is 33.7. The lowest BCUT2D eigenvalue weighted by molar-refractivity contribution is 0.334. The van der Waals surface area contributed by atoms with Crippen LogP contribution < -0.4 is 0 Å². The lowest BCUT2D eigenvalue weighted by Crippen LogP contribution is -2.40. The summed E-state index contributed by atoms with van der Waals surface area (Å²) in [5.74, 6) is 2.93. The summed E-state index contributed by atoms with van der Waals surface area (Å²) in [5, 5.41) is 0.0758. The first-order valence-electron chi connectivity index (χ1n) is 9.69. The van der Waals surface area contributed by atoms with E-state index in [1.165, 1.54) is 4.31 Å². The maximum Gasteiger partial charge on any atom is 0.271 e. The minimum absolute atomic E-state index is 0.0758. The van der Waals surface area contributed by atoms with Crippen LogP contribution >= 0.6 is 0 Å². The Labute approximate surface area is 177 Å². The van der Waals surface area contributed by atoms with Crippen LogP contribution in [0.4, 0.5) is 0 Å². The monoisotopic (exact) mass is 429 g/mol. The second-order valence-corrected chi connectivity index (χ2v) is 15.3. The predicted octanol–water partition coefficient (Wildman–Crippen LogP) is 5.17. The molecular weight excluding hydrogens is 398 g/mol. The molecule has 0 aliphatic carbocycles. The number of aryl methyl sites for hydroxylation is 1. The molecule has 0 amide bonds. The van der Waals surface area contributed by atoms with Crippen LogP contribution in [0.1, 0.15) is 31.9 Å². The lowest BCUT2D eigenvalue weighted by atomic mass is 10.2. The molecule has 0 heterocycles. The van der Waals surface area contributed by atoms with Gasteiger partial charge in [-0.2, -0.15) is 0 Å². The van der Waals surface area contributed by atoms with Crippen molar-refractivity contribution in [3.05, 3.63) is 65.7 Å². The summed E-state index contributed by atoms with van der Waals surface area (Å²) in [7, 11) is -5.68. The van der Waals surface area contributed by atoms with Crippen molar-refractivity contribution in [1.82, 2.24) is 4.31 Å². The van der Waals surface area contributed by atoms with E-state index >= 15 is 0 Å². The van der Waals surface area contributed by atoms with Gasteiger partial charge in [0.1, 0.15) is 0 Å². The van der Waals surface area contributed by atoms with Crippen LogP contribution in [0.15, 0.2) is 59.5 Å². The van der Waals surface area contributed by atoms with Crippen molar-refractivity contribution in [3.63, 3.8) is 0 Å². The van der Waals surface area contributed by atoms with Gasteiger partial charge in [0.25, 0.3) is 10.0 Å². The number of benzene rings is 2. The molecule has 6 heteroatoms. The SMILES string of the molecule is Cc1ccc(S(=O)(=O)N(C#CCO[Si](C)(C)C(C)(C)C)Cc2ccccc2)cc1. The van der Waals surface area contributed by atoms with Crippen molar-refractivity contribution in [2.45, 2.75) is 57.3 Å². The minimum Gasteiger partial charge on any atom is -0.406 e. The molecular formula is C23H31NO3SSi. The van der Waals surface area contributed by atoms with Gasteiger partial charge in [-0.25, -0.2) is 12.7 Å². The summed E-state index contributed by atoms with van der Waals surface area (Å²) in [4.78, 5) is 0.235. The molecule has 0 unspecified atom stereocenters. The summed E-state index contributed by atoms with van der Waals surface area (Å²) in [6, 6.07) is 19.1. The first kappa shape index (κ1) is 23.2. The molecule has 2 aromatic carbocycles. The van der Waals surface area contributed by atoms with Gasteiger partial charge in [0.15, 0.2) is 8.32 Å². The molecule has 4 nitrogen and oxygen atoms in total. The van der Waals surface area contributed by atoms with E-state index in [-0.39, 0.29) is 23.1 Å². The summed E-state index contributed by atoms with van der Waals surface area (Å²) in [6.45, 7) is 13.1. The van der Waals surface area contributed by atoms with Crippen LogP contribution in [-0.4, -0.2) is 27.6 Å². The van der Waals surface area contributed by atoms with Gasteiger partial charge in [0.05, 0.1) is 18.0 Å². The molecule has 2 rings (SSSR count). The molecule has 2 aromatic rings. The van der Waals surface area contributed by atoms with E-state index in [1.54, 1.807) is 24.3 Å². The quantitative estimate of drug-likeness (QED) is 0.362. The second kappa shape index (κ2) is 9.16. The fraction of sp³-hybridized carbons (Fsp3) is 0.391. The number of hydrogen-bond donors (Lipinski definition) is 0. The highest BCUT2D eigenvalue weighted by Gasteiger charge is 2.36. The lowest BCUT2D eigenvalue weighted by Gasteiger charge is -2.35. The molecule has 0 spiro atoms. The standard InChI is InChI=1S/C23H31NO3SSi/c1-20-13-15-22(16-14-20)28(25,26)24(19-21-11-8-7-9-12-21)17-10-18-27-29(5,6)23(2,3)4/h7-9,11-16H,18-19H2,1-6H3. The van der Waals surface area contributed by atoms with E-state index in [0.29, 0.717) is 0 Å². The zero-order chi connectivity index (χ0) is 21.7. The average Bonchev–Trinajstić information content (AvgIpc) is 2.64. The largest absolute Gasteiger partial charge is 0.406 e. The van der Waals surface area contributed by atoms with Crippen molar-refractivity contribution in [1.29, 1.82) is 0 Å². The maximum absolute atomic E-state index is 13.2. The zero-order valence-corrected chi connectivity index (χ0v) is 20.0. The fourth-order valence-electron chi connectivity index (χ4n) is 2.32. The number of rotatable bonds is 6. The van der Waals surface area contributed by atoms with E-state index in [0.717, 1.165) is 11.1 Å². The minimum atomic E-state index is -3.74. The van der Waals surface area contributed by atoms with Crippen LogP contribution in [0.25, 0.3) is 0 Å². The van der Waals surface area contributed by atoms with Gasteiger partial charge in [0.2, 0.25) is 0 Å². The Hall–Kier alpha value is -2.07. The van der Waals surface area contributed by atoms with E-state index in [2.05, 4.69) is 45.8 Å². The van der Waals surface area contributed by atoms with E-state index in [4.69, 9.17) is 4.43 Å². The van der Waals surface area contributed by atoms with Gasteiger partial charge in [-0.1, -0.05) is 74.7 Å². The molecule has 0 aromatic heterocycles. The molecule has 0 saturated heterocycles. The molecule has 0 radical (unpaired) electrons. The van der Waals surface area contributed by atoms with Gasteiger partial charge < -0.3 is 4.43 Å². The Morgan fingerprint density at radius 1 is 1.00 bits per heavy atom. The first-order valence-corrected chi connectivity index (χ1v) is 14.0. The Bertz CT molecular complexity index is 967. The topological polar surface area (TPSA) is 46.6 Å². The Morgan fingerprint density at radius 3 is 2.14 bits per heavy atom. The van der Waals surface area contributed by atoms with Gasteiger partial charge in [-0.15, -0.1) is 0 Å². The molecule has 0 aliphatic rings.